The Hall–Kier alpha value is -1.85. The molecule has 0 aliphatic carbocycles. The van der Waals surface area contributed by atoms with Crippen LogP contribution < -0.4 is 10.6 Å². The summed E-state index contributed by atoms with van der Waals surface area (Å²) in [6.07, 6.45) is 1.06. The van der Waals surface area contributed by atoms with Crippen LogP contribution in [-0.2, 0) is 0 Å². The molecule has 18 heavy (non-hydrogen) atoms. The number of amidine groups is 1. The summed E-state index contributed by atoms with van der Waals surface area (Å²) in [5, 5.41) is 11.6. The van der Waals surface area contributed by atoms with Crippen molar-refractivity contribution in [2.45, 2.75) is 27.2 Å². The van der Waals surface area contributed by atoms with E-state index in [0.717, 1.165) is 18.7 Å². The zero-order valence-electron chi connectivity index (χ0n) is 11.4. The molecule has 0 saturated heterocycles. The second-order valence-corrected chi connectivity index (χ2v) is 4.78. The highest BCUT2D eigenvalue weighted by Gasteiger charge is 2.10. The van der Waals surface area contributed by atoms with E-state index in [0.29, 0.717) is 17.6 Å². The van der Waals surface area contributed by atoms with Crippen LogP contribution in [0.25, 0.3) is 0 Å². The van der Waals surface area contributed by atoms with Gasteiger partial charge in [-0.05, 0) is 25.3 Å². The molecule has 3 N–H and O–H groups in total. The highest BCUT2D eigenvalue weighted by Crippen LogP contribution is 2.11. The van der Waals surface area contributed by atoms with Crippen LogP contribution in [0.3, 0.4) is 0 Å². The third-order valence-electron chi connectivity index (χ3n) is 2.60. The van der Waals surface area contributed by atoms with E-state index in [4.69, 9.17) is 10.9 Å². The largest absolute Gasteiger partial charge is 0.409 e. The van der Waals surface area contributed by atoms with Gasteiger partial charge in [0.15, 0.2) is 5.84 Å². The maximum atomic E-state index is 8.67. The van der Waals surface area contributed by atoms with Crippen molar-refractivity contribution in [3.8, 4) is 0 Å². The standard InChI is InChI=1S/C12H21N5O/c1-8(2)5-6-17(4)12-14-9(3)7-10(15-12)11(13)16-18/h7-8,18H,5-6H2,1-4H3,(H2,13,16). The van der Waals surface area contributed by atoms with E-state index < -0.39 is 0 Å². The molecular formula is C12H21N5O. The molecule has 0 fully saturated rings. The van der Waals surface area contributed by atoms with Crippen molar-refractivity contribution in [3.05, 3.63) is 17.5 Å². The van der Waals surface area contributed by atoms with E-state index >= 15 is 0 Å². The average molecular weight is 251 g/mol. The summed E-state index contributed by atoms with van der Waals surface area (Å²) in [6, 6.07) is 1.69. The van der Waals surface area contributed by atoms with Gasteiger partial charge in [-0.2, -0.15) is 0 Å². The molecule has 1 heterocycles. The van der Waals surface area contributed by atoms with Crippen LogP contribution in [0.4, 0.5) is 5.95 Å². The molecule has 0 spiro atoms. The van der Waals surface area contributed by atoms with Crippen LogP contribution in [0.2, 0.25) is 0 Å². The first kappa shape index (κ1) is 14.2. The van der Waals surface area contributed by atoms with Crippen LogP contribution in [-0.4, -0.2) is 34.6 Å². The fourth-order valence-corrected chi connectivity index (χ4v) is 1.46. The average Bonchev–Trinajstić information content (AvgIpc) is 2.34. The van der Waals surface area contributed by atoms with Crippen molar-refractivity contribution in [2.75, 3.05) is 18.5 Å². The van der Waals surface area contributed by atoms with Gasteiger partial charge >= 0.3 is 0 Å². The summed E-state index contributed by atoms with van der Waals surface area (Å²) >= 11 is 0. The zero-order chi connectivity index (χ0) is 13.7. The number of aromatic nitrogens is 2. The molecule has 1 rings (SSSR count). The number of oxime groups is 1. The van der Waals surface area contributed by atoms with E-state index in [1.165, 1.54) is 0 Å². The number of anilines is 1. The molecule has 0 bridgehead atoms. The summed E-state index contributed by atoms with van der Waals surface area (Å²) in [5.74, 6) is 1.22. The quantitative estimate of drug-likeness (QED) is 0.357. The lowest BCUT2D eigenvalue weighted by Gasteiger charge is -2.19. The van der Waals surface area contributed by atoms with Crippen LogP contribution in [0.1, 0.15) is 31.7 Å². The van der Waals surface area contributed by atoms with E-state index in [1.807, 2.05) is 18.9 Å². The smallest absolute Gasteiger partial charge is 0.225 e. The van der Waals surface area contributed by atoms with Crippen molar-refractivity contribution in [1.29, 1.82) is 0 Å². The lowest BCUT2D eigenvalue weighted by Crippen LogP contribution is -2.24. The van der Waals surface area contributed by atoms with E-state index in [1.54, 1.807) is 6.07 Å². The summed E-state index contributed by atoms with van der Waals surface area (Å²) in [5.41, 5.74) is 6.78. The molecule has 0 radical (unpaired) electrons. The van der Waals surface area contributed by atoms with Crippen LogP contribution in [0.5, 0.6) is 0 Å². The van der Waals surface area contributed by atoms with Gasteiger partial charge in [0.2, 0.25) is 5.95 Å². The number of hydrogen-bond donors (Lipinski definition) is 2. The van der Waals surface area contributed by atoms with Crippen molar-refractivity contribution >= 4 is 11.8 Å². The monoisotopic (exact) mass is 251 g/mol. The minimum absolute atomic E-state index is 0.000917. The number of nitrogens with zero attached hydrogens (tertiary/aromatic N) is 4. The van der Waals surface area contributed by atoms with Crippen molar-refractivity contribution < 1.29 is 5.21 Å². The van der Waals surface area contributed by atoms with Gasteiger partial charge in [-0.3, -0.25) is 0 Å². The summed E-state index contributed by atoms with van der Waals surface area (Å²) in [7, 11) is 1.94. The van der Waals surface area contributed by atoms with Crippen LogP contribution in [0.15, 0.2) is 11.2 Å². The highest BCUT2D eigenvalue weighted by molar-refractivity contribution is 5.95. The van der Waals surface area contributed by atoms with Gasteiger partial charge in [-0.1, -0.05) is 19.0 Å². The maximum Gasteiger partial charge on any atom is 0.225 e. The van der Waals surface area contributed by atoms with Crippen molar-refractivity contribution in [1.82, 2.24) is 9.97 Å². The SMILES string of the molecule is Cc1cc(/C(N)=N/O)nc(N(C)CCC(C)C)n1. The van der Waals surface area contributed by atoms with Gasteiger partial charge < -0.3 is 15.8 Å². The Balaban J connectivity index is 2.92. The summed E-state index contributed by atoms with van der Waals surface area (Å²) < 4.78 is 0. The lowest BCUT2D eigenvalue weighted by atomic mass is 10.1. The molecule has 0 aliphatic rings. The Morgan fingerprint density at radius 3 is 2.72 bits per heavy atom. The van der Waals surface area contributed by atoms with E-state index in [-0.39, 0.29) is 5.84 Å². The zero-order valence-corrected chi connectivity index (χ0v) is 11.4. The Kier molecular flexibility index (Phi) is 4.88. The number of aryl methyl sites for hydroxylation is 1. The molecule has 0 aromatic carbocycles. The lowest BCUT2D eigenvalue weighted by molar-refractivity contribution is 0.318. The summed E-state index contributed by atoms with van der Waals surface area (Å²) in [6.45, 7) is 7.08. The first-order valence-electron chi connectivity index (χ1n) is 5.98. The topological polar surface area (TPSA) is 87.6 Å². The van der Waals surface area contributed by atoms with Gasteiger partial charge in [-0.25, -0.2) is 9.97 Å². The van der Waals surface area contributed by atoms with Gasteiger partial charge in [-0.15, -0.1) is 0 Å². The molecule has 1 aromatic heterocycles. The van der Waals surface area contributed by atoms with Gasteiger partial charge in [0.25, 0.3) is 0 Å². The van der Waals surface area contributed by atoms with Crippen molar-refractivity contribution in [2.24, 2.45) is 16.8 Å². The molecule has 0 amide bonds. The minimum Gasteiger partial charge on any atom is -0.409 e. The molecule has 0 atom stereocenters. The fraction of sp³-hybridized carbons (Fsp3) is 0.583. The first-order valence-corrected chi connectivity index (χ1v) is 5.98. The maximum absolute atomic E-state index is 8.67. The third kappa shape index (κ3) is 3.87. The van der Waals surface area contributed by atoms with Crippen LogP contribution in [0, 0.1) is 12.8 Å². The second-order valence-electron chi connectivity index (χ2n) is 4.78. The minimum atomic E-state index is -0.000917. The predicted octanol–water partition coefficient (Wildman–Crippen LogP) is 1.36. The first-order chi connectivity index (χ1) is 8.43. The molecule has 0 saturated carbocycles. The third-order valence-corrected chi connectivity index (χ3v) is 2.60. The molecule has 1 aromatic rings. The second kappa shape index (κ2) is 6.18. The number of hydrogen-bond acceptors (Lipinski definition) is 5. The van der Waals surface area contributed by atoms with E-state index in [2.05, 4.69) is 29.0 Å². The normalized spacial score (nSPS) is 11.9. The molecule has 0 unspecified atom stereocenters. The Morgan fingerprint density at radius 2 is 2.17 bits per heavy atom. The number of rotatable bonds is 5. The van der Waals surface area contributed by atoms with Crippen molar-refractivity contribution in [3.63, 3.8) is 0 Å². The fourth-order valence-electron chi connectivity index (χ4n) is 1.46. The van der Waals surface area contributed by atoms with Gasteiger partial charge in [0, 0.05) is 19.3 Å². The molecule has 6 nitrogen and oxygen atoms in total. The van der Waals surface area contributed by atoms with Gasteiger partial charge in [0.05, 0.1) is 0 Å². The molecule has 100 valence electrons. The van der Waals surface area contributed by atoms with Crippen LogP contribution >= 0.6 is 0 Å². The Labute approximate surface area is 108 Å². The van der Waals surface area contributed by atoms with E-state index in [9.17, 15) is 0 Å². The van der Waals surface area contributed by atoms with Gasteiger partial charge in [0.1, 0.15) is 5.69 Å². The Morgan fingerprint density at radius 1 is 1.50 bits per heavy atom. The molecule has 0 aliphatic heterocycles. The predicted molar refractivity (Wildman–Crippen MR) is 72.0 cm³/mol. The molecular weight excluding hydrogens is 230 g/mol. The summed E-state index contributed by atoms with van der Waals surface area (Å²) in [4.78, 5) is 10.6. The Bertz CT molecular complexity index is 430. The number of nitrogens with two attached hydrogens (primary N) is 1. The highest BCUT2D eigenvalue weighted by atomic mass is 16.4. The molecule has 6 heteroatoms.